The fraction of sp³-hybridized carbons (Fsp3) is 0.389. The first-order chi connectivity index (χ1) is 12.2. The van der Waals surface area contributed by atoms with Crippen LogP contribution in [0.5, 0.6) is 0 Å². The third kappa shape index (κ3) is 2.86. The highest BCUT2D eigenvalue weighted by molar-refractivity contribution is 5.96. The zero-order valence-electron chi connectivity index (χ0n) is 14.5. The molecule has 7 heteroatoms. The molecule has 0 spiro atoms. The standard InChI is InChI=1S/C18H21N5O2/c1-12-6-7-14(25-12)17-20-16-11-13(10-15(19-2)23(16)21-17)18(24)22-8-4-3-5-9-22/h6-7,10-11,19H,3-5,8-9H2,1-2H3. The number of carbonyl (C=O) groups is 1. The molecule has 1 aliphatic heterocycles. The summed E-state index contributed by atoms with van der Waals surface area (Å²) in [5, 5.41) is 7.60. The number of likely N-dealkylation sites (tertiary alicyclic amines) is 1. The fourth-order valence-electron chi connectivity index (χ4n) is 3.22. The van der Waals surface area contributed by atoms with Gasteiger partial charge in [-0.15, -0.1) is 5.10 Å². The molecule has 0 radical (unpaired) electrons. The number of hydrogen-bond donors (Lipinski definition) is 1. The zero-order chi connectivity index (χ0) is 17.4. The van der Waals surface area contributed by atoms with E-state index < -0.39 is 0 Å². The number of aromatic nitrogens is 3. The van der Waals surface area contributed by atoms with Crippen LogP contribution in [0.2, 0.25) is 0 Å². The van der Waals surface area contributed by atoms with E-state index >= 15 is 0 Å². The van der Waals surface area contributed by atoms with Crippen molar-refractivity contribution in [1.29, 1.82) is 0 Å². The molecule has 1 amide bonds. The van der Waals surface area contributed by atoms with Gasteiger partial charge in [0.15, 0.2) is 11.4 Å². The van der Waals surface area contributed by atoms with E-state index in [2.05, 4.69) is 15.4 Å². The molecule has 0 aliphatic carbocycles. The Bertz CT molecular complexity index is 921. The Hall–Kier alpha value is -2.83. The molecular formula is C18H21N5O2. The van der Waals surface area contributed by atoms with E-state index in [9.17, 15) is 4.79 Å². The Morgan fingerprint density at radius 2 is 2.00 bits per heavy atom. The summed E-state index contributed by atoms with van der Waals surface area (Å²) >= 11 is 0. The van der Waals surface area contributed by atoms with Crippen LogP contribution < -0.4 is 5.32 Å². The lowest BCUT2D eigenvalue weighted by Gasteiger charge is -2.26. The quantitative estimate of drug-likeness (QED) is 0.794. The lowest BCUT2D eigenvalue weighted by Crippen LogP contribution is -2.35. The Labute approximate surface area is 145 Å². The molecule has 3 aromatic rings. The fourth-order valence-corrected chi connectivity index (χ4v) is 3.22. The summed E-state index contributed by atoms with van der Waals surface area (Å²) in [4.78, 5) is 19.3. The van der Waals surface area contributed by atoms with Gasteiger partial charge in [-0.2, -0.15) is 4.52 Å². The summed E-state index contributed by atoms with van der Waals surface area (Å²) < 4.78 is 7.31. The van der Waals surface area contributed by atoms with E-state index in [4.69, 9.17) is 4.42 Å². The van der Waals surface area contributed by atoms with Crippen LogP contribution in [0.3, 0.4) is 0 Å². The molecular weight excluding hydrogens is 318 g/mol. The van der Waals surface area contributed by atoms with Crippen LogP contribution in [-0.2, 0) is 0 Å². The molecule has 25 heavy (non-hydrogen) atoms. The third-order valence-corrected chi connectivity index (χ3v) is 4.54. The van der Waals surface area contributed by atoms with Crippen LogP contribution in [0.15, 0.2) is 28.7 Å². The Balaban J connectivity index is 1.75. The second kappa shape index (κ2) is 6.23. The second-order valence-electron chi connectivity index (χ2n) is 6.35. The number of rotatable bonds is 3. The van der Waals surface area contributed by atoms with Gasteiger partial charge in [0.25, 0.3) is 5.91 Å². The minimum atomic E-state index is 0.0529. The summed E-state index contributed by atoms with van der Waals surface area (Å²) in [6.07, 6.45) is 3.33. The van der Waals surface area contributed by atoms with Crippen molar-refractivity contribution in [3.63, 3.8) is 0 Å². The molecule has 1 fully saturated rings. The first-order valence-electron chi connectivity index (χ1n) is 8.60. The largest absolute Gasteiger partial charge is 0.458 e. The van der Waals surface area contributed by atoms with Crippen molar-refractivity contribution in [1.82, 2.24) is 19.5 Å². The molecule has 1 aliphatic rings. The van der Waals surface area contributed by atoms with E-state index in [-0.39, 0.29) is 5.91 Å². The van der Waals surface area contributed by atoms with Gasteiger partial charge >= 0.3 is 0 Å². The molecule has 3 aromatic heterocycles. The van der Waals surface area contributed by atoms with Gasteiger partial charge < -0.3 is 14.6 Å². The highest BCUT2D eigenvalue weighted by Gasteiger charge is 2.21. The van der Waals surface area contributed by atoms with Gasteiger partial charge in [-0.3, -0.25) is 4.79 Å². The summed E-state index contributed by atoms with van der Waals surface area (Å²) in [5.74, 6) is 2.71. The van der Waals surface area contributed by atoms with Crippen molar-refractivity contribution in [2.24, 2.45) is 0 Å². The maximum Gasteiger partial charge on any atom is 0.254 e. The molecule has 0 aromatic carbocycles. The highest BCUT2D eigenvalue weighted by atomic mass is 16.3. The van der Waals surface area contributed by atoms with E-state index in [1.165, 1.54) is 6.42 Å². The lowest BCUT2D eigenvalue weighted by molar-refractivity contribution is 0.0724. The Morgan fingerprint density at radius 1 is 1.20 bits per heavy atom. The monoisotopic (exact) mass is 339 g/mol. The van der Waals surface area contributed by atoms with Crippen LogP contribution in [0.4, 0.5) is 5.82 Å². The molecule has 0 saturated carbocycles. The van der Waals surface area contributed by atoms with E-state index in [0.29, 0.717) is 22.8 Å². The molecule has 1 saturated heterocycles. The first kappa shape index (κ1) is 15.7. The zero-order valence-corrected chi connectivity index (χ0v) is 14.5. The van der Waals surface area contributed by atoms with Crippen LogP contribution in [0.25, 0.3) is 17.2 Å². The molecule has 0 atom stereocenters. The topological polar surface area (TPSA) is 75.7 Å². The van der Waals surface area contributed by atoms with Gasteiger partial charge in [0.2, 0.25) is 5.82 Å². The molecule has 1 N–H and O–H groups in total. The Kier molecular flexibility index (Phi) is 3.91. The number of fused-ring (bicyclic) bond motifs is 1. The number of anilines is 1. The predicted molar refractivity (Wildman–Crippen MR) is 94.7 cm³/mol. The average Bonchev–Trinajstić information content (AvgIpc) is 3.26. The highest BCUT2D eigenvalue weighted by Crippen LogP contribution is 2.23. The van der Waals surface area contributed by atoms with Crippen LogP contribution in [-0.4, -0.2) is 45.5 Å². The van der Waals surface area contributed by atoms with E-state index in [0.717, 1.165) is 37.5 Å². The molecule has 0 bridgehead atoms. The third-order valence-electron chi connectivity index (χ3n) is 4.54. The summed E-state index contributed by atoms with van der Waals surface area (Å²) in [6, 6.07) is 7.36. The number of aryl methyl sites for hydroxylation is 1. The maximum atomic E-state index is 12.8. The predicted octanol–water partition coefficient (Wildman–Crippen LogP) is 2.97. The van der Waals surface area contributed by atoms with Gasteiger partial charge in [0, 0.05) is 25.7 Å². The second-order valence-corrected chi connectivity index (χ2v) is 6.35. The number of hydrogen-bond acceptors (Lipinski definition) is 5. The SMILES string of the molecule is CNc1cc(C(=O)N2CCCCC2)cc2nc(-c3ccc(C)o3)nn12. The van der Waals surface area contributed by atoms with Gasteiger partial charge in [0.05, 0.1) is 0 Å². The number of nitrogens with one attached hydrogen (secondary N) is 1. The van der Waals surface area contributed by atoms with Crippen molar-refractivity contribution < 1.29 is 9.21 Å². The normalized spacial score (nSPS) is 14.9. The number of furan rings is 1. The van der Waals surface area contributed by atoms with Crippen molar-refractivity contribution >= 4 is 17.4 Å². The van der Waals surface area contributed by atoms with Crippen molar-refractivity contribution in [2.75, 3.05) is 25.5 Å². The van der Waals surface area contributed by atoms with Crippen molar-refractivity contribution in [3.8, 4) is 11.6 Å². The molecule has 130 valence electrons. The molecule has 7 nitrogen and oxygen atoms in total. The van der Waals surface area contributed by atoms with Crippen molar-refractivity contribution in [3.05, 3.63) is 35.6 Å². The minimum absolute atomic E-state index is 0.0529. The number of amides is 1. The number of pyridine rings is 1. The summed E-state index contributed by atoms with van der Waals surface area (Å²) in [6.45, 7) is 3.53. The smallest absolute Gasteiger partial charge is 0.254 e. The van der Waals surface area contributed by atoms with Crippen LogP contribution in [0.1, 0.15) is 35.4 Å². The molecule has 4 rings (SSSR count). The first-order valence-corrected chi connectivity index (χ1v) is 8.60. The van der Waals surface area contributed by atoms with E-state index in [1.54, 1.807) is 10.6 Å². The number of piperidine rings is 1. The van der Waals surface area contributed by atoms with Gasteiger partial charge in [0.1, 0.15) is 11.6 Å². The van der Waals surface area contributed by atoms with Gasteiger partial charge in [-0.1, -0.05) is 0 Å². The average molecular weight is 339 g/mol. The van der Waals surface area contributed by atoms with Crippen LogP contribution >= 0.6 is 0 Å². The summed E-state index contributed by atoms with van der Waals surface area (Å²) in [5.41, 5.74) is 1.25. The number of nitrogens with zero attached hydrogens (tertiary/aromatic N) is 4. The number of carbonyl (C=O) groups excluding carboxylic acids is 1. The molecule has 0 unspecified atom stereocenters. The maximum absolute atomic E-state index is 12.8. The van der Waals surface area contributed by atoms with E-state index in [1.807, 2.05) is 37.1 Å². The van der Waals surface area contributed by atoms with Crippen LogP contribution in [0, 0.1) is 6.92 Å². The Morgan fingerprint density at radius 3 is 2.68 bits per heavy atom. The molecule has 4 heterocycles. The van der Waals surface area contributed by atoms with Gasteiger partial charge in [-0.25, -0.2) is 4.98 Å². The minimum Gasteiger partial charge on any atom is -0.458 e. The lowest BCUT2D eigenvalue weighted by atomic mass is 10.1. The van der Waals surface area contributed by atoms with Crippen molar-refractivity contribution in [2.45, 2.75) is 26.2 Å². The van der Waals surface area contributed by atoms with Gasteiger partial charge in [-0.05, 0) is 50.5 Å². The summed E-state index contributed by atoms with van der Waals surface area (Å²) in [7, 11) is 1.81.